The average molecular weight is 221 g/mol. The standard InChI is InChI=1S/C13H19NO2/c1-16-11-7-5-6-10(12(11)15)13(14)8-3-2-4-9-13/h5-7,15H,2-4,8-9,14H2,1H3. The summed E-state index contributed by atoms with van der Waals surface area (Å²) >= 11 is 0. The Bertz CT molecular complexity index is 370. The molecule has 16 heavy (non-hydrogen) atoms. The highest BCUT2D eigenvalue weighted by Crippen LogP contribution is 2.42. The number of aromatic hydroxyl groups is 1. The Morgan fingerprint density at radius 2 is 1.94 bits per heavy atom. The zero-order valence-corrected chi connectivity index (χ0v) is 9.70. The quantitative estimate of drug-likeness (QED) is 0.806. The number of phenolic OH excluding ortho intramolecular Hbond substituents is 1. The fourth-order valence-electron chi connectivity index (χ4n) is 2.54. The molecule has 0 bridgehead atoms. The van der Waals surface area contributed by atoms with Gasteiger partial charge in [0.05, 0.1) is 7.11 Å². The topological polar surface area (TPSA) is 55.5 Å². The van der Waals surface area contributed by atoms with E-state index >= 15 is 0 Å². The smallest absolute Gasteiger partial charge is 0.162 e. The van der Waals surface area contributed by atoms with E-state index in [2.05, 4.69) is 0 Å². The van der Waals surface area contributed by atoms with Crippen LogP contribution in [0.25, 0.3) is 0 Å². The molecule has 3 N–H and O–H groups in total. The van der Waals surface area contributed by atoms with E-state index in [-0.39, 0.29) is 11.3 Å². The molecule has 0 amide bonds. The number of rotatable bonds is 2. The first kappa shape index (κ1) is 11.3. The van der Waals surface area contributed by atoms with Gasteiger partial charge in [0, 0.05) is 11.1 Å². The largest absolute Gasteiger partial charge is 0.504 e. The second-order valence-corrected chi connectivity index (χ2v) is 4.57. The van der Waals surface area contributed by atoms with Crippen LogP contribution in [-0.4, -0.2) is 12.2 Å². The van der Waals surface area contributed by atoms with Gasteiger partial charge >= 0.3 is 0 Å². The molecule has 1 aromatic carbocycles. The van der Waals surface area contributed by atoms with Crippen LogP contribution >= 0.6 is 0 Å². The first-order valence-corrected chi connectivity index (χ1v) is 5.83. The van der Waals surface area contributed by atoms with Crippen LogP contribution in [0, 0.1) is 0 Å². The fourth-order valence-corrected chi connectivity index (χ4v) is 2.54. The predicted octanol–water partition coefficient (Wildman–Crippen LogP) is 2.52. The van der Waals surface area contributed by atoms with Gasteiger partial charge in [-0.1, -0.05) is 31.4 Å². The van der Waals surface area contributed by atoms with E-state index in [1.165, 1.54) is 6.42 Å². The maximum absolute atomic E-state index is 10.1. The van der Waals surface area contributed by atoms with Crippen molar-refractivity contribution in [3.05, 3.63) is 23.8 Å². The molecule has 88 valence electrons. The molecular formula is C13H19NO2. The minimum absolute atomic E-state index is 0.203. The normalized spacial score (nSPS) is 19.4. The lowest BCUT2D eigenvalue weighted by atomic mass is 9.77. The summed E-state index contributed by atoms with van der Waals surface area (Å²) in [6, 6.07) is 5.55. The Morgan fingerprint density at radius 3 is 2.56 bits per heavy atom. The van der Waals surface area contributed by atoms with Crippen LogP contribution in [0.15, 0.2) is 18.2 Å². The van der Waals surface area contributed by atoms with Crippen molar-refractivity contribution in [2.45, 2.75) is 37.6 Å². The van der Waals surface area contributed by atoms with E-state index in [0.29, 0.717) is 5.75 Å². The highest BCUT2D eigenvalue weighted by molar-refractivity contribution is 5.48. The van der Waals surface area contributed by atoms with E-state index < -0.39 is 0 Å². The maximum Gasteiger partial charge on any atom is 0.162 e. The van der Waals surface area contributed by atoms with Gasteiger partial charge in [-0.2, -0.15) is 0 Å². The molecule has 0 atom stereocenters. The van der Waals surface area contributed by atoms with E-state index in [4.69, 9.17) is 10.5 Å². The zero-order chi connectivity index (χ0) is 11.6. The summed E-state index contributed by atoms with van der Waals surface area (Å²) in [4.78, 5) is 0. The predicted molar refractivity (Wildman–Crippen MR) is 63.6 cm³/mol. The van der Waals surface area contributed by atoms with Gasteiger partial charge in [-0.25, -0.2) is 0 Å². The van der Waals surface area contributed by atoms with Gasteiger partial charge in [0.1, 0.15) is 0 Å². The third-order valence-corrected chi connectivity index (χ3v) is 3.50. The molecule has 0 aromatic heterocycles. The van der Waals surface area contributed by atoms with Crippen LogP contribution in [0.5, 0.6) is 11.5 Å². The SMILES string of the molecule is COc1cccc(C2(N)CCCCC2)c1O. The molecule has 1 aliphatic carbocycles. The molecule has 1 aliphatic rings. The summed E-state index contributed by atoms with van der Waals surface area (Å²) in [6.07, 6.45) is 5.38. The molecule has 1 aromatic rings. The van der Waals surface area contributed by atoms with Crippen molar-refractivity contribution in [3.8, 4) is 11.5 Å². The van der Waals surface area contributed by atoms with Gasteiger partial charge in [-0.3, -0.25) is 0 Å². The number of phenols is 1. The number of hydrogen-bond donors (Lipinski definition) is 2. The summed E-state index contributed by atoms with van der Waals surface area (Å²) in [6.45, 7) is 0. The lowest BCUT2D eigenvalue weighted by molar-refractivity contribution is 0.286. The molecule has 0 radical (unpaired) electrons. The Morgan fingerprint density at radius 1 is 1.25 bits per heavy atom. The molecule has 3 heteroatoms. The zero-order valence-electron chi connectivity index (χ0n) is 9.70. The van der Waals surface area contributed by atoms with Crippen LogP contribution in [0.3, 0.4) is 0 Å². The summed E-state index contributed by atoms with van der Waals surface area (Å²) in [5, 5.41) is 10.1. The second-order valence-electron chi connectivity index (χ2n) is 4.57. The Hall–Kier alpha value is -1.22. The van der Waals surface area contributed by atoms with Crippen molar-refractivity contribution >= 4 is 0 Å². The average Bonchev–Trinajstić information content (AvgIpc) is 2.30. The first-order valence-electron chi connectivity index (χ1n) is 5.83. The van der Waals surface area contributed by atoms with Gasteiger partial charge in [0.2, 0.25) is 0 Å². The van der Waals surface area contributed by atoms with Crippen molar-refractivity contribution in [2.75, 3.05) is 7.11 Å². The summed E-state index contributed by atoms with van der Waals surface area (Å²) in [5.41, 5.74) is 6.84. The van der Waals surface area contributed by atoms with Gasteiger partial charge in [0.25, 0.3) is 0 Å². The highest BCUT2D eigenvalue weighted by Gasteiger charge is 2.32. The number of methoxy groups -OCH3 is 1. The van der Waals surface area contributed by atoms with Crippen LogP contribution in [0.2, 0.25) is 0 Å². The maximum atomic E-state index is 10.1. The molecule has 0 heterocycles. The van der Waals surface area contributed by atoms with Crippen LogP contribution < -0.4 is 10.5 Å². The highest BCUT2D eigenvalue weighted by atomic mass is 16.5. The number of hydrogen-bond acceptors (Lipinski definition) is 3. The molecule has 1 saturated carbocycles. The molecular weight excluding hydrogens is 202 g/mol. The summed E-state index contributed by atoms with van der Waals surface area (Å²) < 4.78 is 5.12. The Balaban J connectivity index is 2.38. The van der Waals surface area contributed by atoms with Crippen molar-refractivity contribution < 1.29 is 9.84 Å². The number of para-hydroxylation sites is 1. The van der Waals surface area contributed by atoms with Crippen LogP contribution in [0.1, 0.15) is 37.7 Å². The third kappa shape index (κ3) is 1.87. The molecule has 0 aliphatic heterocycles. The summed E-state index contributed by atoms with van der Waals surface area (Å²) in [7, 11) is 1.56. The summed E-state index contributed by atoms with van der Waals surface area (Å²) in [5.74, 6) is 0.710. The van der Waals surface area contributed by atoms with Gasteiger partial charge in [-0.15, -0.1) is 0 Å². The fraction of sp³-hybridized carbons (Fsp3) is 0.538. The van der Waals surface area contributed by atoms with Crippen molar-refractivity contribution in [3.63, 3.8) is 0 Å². The van der Waals surface area contributed by atoms with Crippen LogP contribution in [0.4, 0.5) is 0 Å². The Labute approximate surface area is 96.2 Å². The molecule has 0 saturated heterocycles. The number of benzene rings is 1. The minimum atomic E-state index is -0.378. The minimum Gasteiger partial charge on any atom is -0.504 e. The molecule has 1 fully saturated rings. The van der Waals surface area contributed by atoms with Crippen molar-refractivity contribution in [1.82, 2.24) is 0 Å². The lowest BCUT2D eigenvalue weighted by Gasteiger charge is -2.34. The van der Waals surface area contributed by atoms with Gasteiger partial charge < -0.3 is 15.6 Å². The third-order valence-electron chi connectivity index (χ3n) is 3.50. The van der Waals surface area contributed by atoms with E-state index in [1.807, 2.05) is 12.1 Å². The molecule has 3 nitrogen and oxygen atoms in total. The van der Waals surface area contributed by atoms with E-state index in [1.54, 1.807) is 13.2 Å². The number of nitrogens with two attached hydrogens (primary N) is 1. The van der Waals surface area contributed by atoms with Gasteiger partial charge in [0.15, 0.2) is 11.5 Å². The van der Waals surface area contributed by atoms with E-state index in [0.717, 1.165) is 31.2 Å². The Kier molecular flexibility index (Phi) is 3.06. The monoisotopic (exact) mass is 221 g/mol. The van der Waals surface area contributed by atoms with Crippen molar-refractivity contribution in [2.24, 2.45) is 5.73 Å². The van der Waals surface area contributed by atoms with Crippen LogP contribution in [-0.2, 0) is 5.54 Å². The molecule has 0 unspecified atom stereocenters. The molecule has 2 rings (SSSR count). The van der Waals surface area contributed by atoms with Crippen molar-refractivity contribution in [1.29, 1.82) is 0 Å². The lowest BCUT2D eigenvalue weighted by Crippen LogP contribution is -2.38. The molecule has 0 spiro atoms. The first-order chi connectivity index (χ1) is 7.67. The van der Waals surface area contributed by atoms with Gasteiger partial charge in [-0.05, 0) is 18.9 Å². The number of ether oxygens (including phenoxy) is 1. The second kappa shape index (κ2) is 4.34. The van der Waals surface area contributed by atoms with E-state index in [9.17, 15) is 5.11 Å².